The molecule has 0 aromatic heterocycles. The van der Waals surface area contributed by atoms with Crippen molar-refractivity contribution in [1.29, 1.82) is 0 Å². The summed E-state index contributed by atoms with van der Waals surface area (Å²) in [5.74, 6) is 0.781. The van der Waals surface area contributed by atoms with Crippen LogP contribution in [-0.2, 0) is 14.8 Å². The molecule has 1 N–H and O–H groups in total. The number of carbonyl (C=O) groups is 1. The van der Waals surface area contributed by atoms with Crippen LogP contribution in [0.3, 0.4) is 0 Å². The zero-order chi connectivity index (χ0) is 23.3. The molecule has 170 valence electrons. The average Bonchev–Trinajstić information content (AvgIpc) is 2.72. The van der Waals surface area contributed by atoms with Crippen LogP contribution in [0.1, 0.15) is 43.0 Å². The summed E-state index contributed by atoms with van der Waals surface area (Å²) in [6.07, 6.45) is 1.44. The molecule has 7 nitrogen and oxygen atoms in total. The van der Waals surface area contributed by atoms with Crippen LogP contribution in [0.2, 0.25) is 0 Å². The first kappa shape index (κ1) is 24.5. The van der Waals surface area contributed by atoms with E-state index in [0.29, 0.717) is 23.6 Å². The van der Waals surface area contributed by atoms with Gasteiger partial charge in [-0.15, -0.1) is 0 Å². The predicted octanol–water partition coefficient (Wildman–Crippen LogP) is 3.74. The van der Waals surface area contributed by atoms with E-state index in [9.17, 15) is 13.2 Å². The minimum absolute atomic E-state index is 0.324. The predicted molar refractivity (Wildman–Crippen MR) is 123 cm³/mol. The summed E-state index contributed by atoms with van der Waals surface area (Å²) in [5.41, 5.74) is 3.31. The third-order valence-corrected chi connectivity index (χ3v) is 6.52. The molecule has 0 saturated heterocycles. The molecule has 8 heteroatoms. The van der Waals surface area contributed by atoms with Gasteiger partial charge in [0, 0.05) is 0 Å². The largest absolute Gasteiger partial charge is 0.493 e. The van der Waals surface area contributed by atoms with Gasteiger partial charge in [0.25, 0.3) is 0 Å². The Hall–Kier alpha value is -2.74. The highest BCUT2D eigenvalue weighted by Crippen LogP contribution is 2.30. The fraction of sp³-hybridized carbons (Fsp3) is 0.435. The summed E-state index contributed by atoms with van der Waals surface area (Å²) < 4.78 is 37.1. The van der Waals surface area contributed by atoms with Gasteiger partial charge < -0.3 is 14.8 Å². The van der Waals surface area contributed by atoms with Crippen LogP contribution in [0.4, 0.5) is 5.69 Å². The van der Waals surface area contributed by atoms with Gasteiger partial charge in [0.2, 0.25) is 15.9 Å². The third-order valence-electron chi connectivity index (χ3n) is 5.34. The first-order valence-electron chi connectivity index (χ1n) is 10.1. The minimum Gasteiger partial charge on any atom is -0.493 e. The number of ether oxygens (including phenoxy) is 2. The second kappa shape index (κ2) is 10.0. The van der Waals surface area contributed by atoms with E-state index in [4.69, 9.17) is 9.47 Å². The lowest BCUT2D eigenvalue weighted by Crippen LogP contribution is -2.49. The van der Waals surface area contributed by atoms with E-state index in [1.54, 1.807) is 45.4 Å². The van der Waals surface area contributed by atoms with Gasteiger partial charge >= 0.3 is 0 Å². The number of amides is 1. The van der Waals surface area contributed by atoms with E-state index in [-0.39, 0.29) is 11.9 Å². The molecular formula is C23H32N2O5S. The quantitative estimate of drug-likeness (QED) is 0.632. The molecule has 1 amide bonds. The molecule has 0 unspecified atom stereocenters. The molecule has 0 aliphatic rings. The highest BCUT2D eigenvalue weighted by atomic mass is 32.2. The molecule has 0 bridgehead atoms. The molecule has 2 aromatic carbocycles. The zero-order valence-corrected chi connectivity index (χ0v) is 20.0. The fourth-order valence-electron chi connectivity index (χ4n) is 3.44. The Balaban J connectivity index is 2.34. The van der Waals surface area contributed by atoms with Crippen molar-refractivity contribution in [2.24, 2.45) is 0 Å². The lowest BCUT2D eigenvalue weighted by atomic mass is 10.1. The normalized spacial score (nSPS) is 13.3. The number of nitrogens with one attached hydrogen (secondary N) is 1. The van der Waals surface area contributed by atoms with E-state index < -0.39 is 16.1 Å². The smallest absolute Gasteiger partial charge is 0.244 e. The topological polar surface area (TPSA) is 84.9 Å². The van der Waals surface area contributed by atoms with E-state index in [0.717, 1.165) is 22.9 Å². The number of benzene rings is 2. The molecule has 0 aliphatic carbocycles. The van der Waals surface area contributed by atoms with Crippen LogP contribution in [-0.4, -0.2) is 40.8 Å². The van der Waals surface area contributed by atoms with Gasteiger partial charge in [-0.25, -0.2) is 8.42 Å². The number of rotatable bonds is 9. The van der Waals surface area contributed by atoms with Gasteiger partial charge in [0.05, 0.1) is 32.2 Å². The lowest BCUT2D eigenvalue weighted by Gasteiger charge is -2.31. The maximum atomic E-state index is 13.2. The Labute approximate surface area is 185 Å². The first-order valence-corrected chi connectivity index (χ1v) is 12.0. The van der Waals surface area contributed by atoms with Crippen molar-refractivity contribution in [2.75, 3.05) is 24.8 Å². The van der Waals surface area contributed by atoms with Crippen molar-refractivity contribution in [2.45, 2.75) is 46.2 Å². The molecule has 0 saturated carbocycles. The van der Waals surface area contributed by atoms with Crippen LogP contribution in [0, 0.1) is 13.8 Å². The number of nitrogens with zero attached hydrogens (tertiary/aromatic N) is 1. The van der Waals surface area contributed by atoms with Gasteiger partial charge in [0.15, 0.2) is 11.5 Å². The molecule has 31 heavy (non-hydrogen) atoms. The number of hydrogen-bond donors (Lipinski definition) is 1. The van der Waals surface area contributed by atoms with Gasteiger partial charge in [-0.1, -0.05) is 19.1 Å². The molecular weight excluding hydrogens is 416 g/mol. The number of sulfonamides is 1. The van der Waals surface area contributed by atoms with Crippen LogP contribution in [0.5, 0.6) is 11.5 Å². The highest BCUT2D eigenvalue weighted by molar-refractivity contribution is 7.92. The number of anilines is 1. The van der Waals surface area contributed by atoms with Gasteiger partial charge in [-0.2, -0.15) is 0 Å². The second-order valence-electron chi connectivity index (χ2n) is 7.60. The Morgan fingerprint density at radius 1 is 1.03 bits per heavy atom. The van der Waals surface area contributed by atoms with Crippen molar-refractivity contribution in [3.63, 3.8) is 0 Å². The minimum atomic E-state index is -3.69. The Morgan fingerprint density at radius 2 is 1.68 bits per heavy atom. The number of carbonyl (C=O) groups excluding carboxylic acids is 1. The Kier molecular flexibility index (Phi) is 7.95. The fourth-order valence-corrected chi connectivity index (χ4v) is 4.64. The van der Waals surface area contributed by atoms with Crippen molar-refractivity contribution in [3.8, 4) is 11.5 Å². The Morgan fingerprint density at radius 3 is 2.19 bits per heavy atom. The monoisotopic (exact) mass is 448 g/mol. The average molecular weight is 449 g/mol. The standard InChI is InChI=1S/C23H32N2O5S/c1-8-20(25(31(7,27)28)19-11-9-15(2)16(3)13-19)23(26)24-17(4)18-10-12-21(29-5)22(14-18)30-6/h9-14,17,20H,8H2,1-7H3,(H,24,26)/t17-,20-/m1/s1. The van der Waals surface area contributed by atoms with Gasteiger partial charge in [-0.05, 0) is 68.1 Å². The first-order chi connectivity index (χ1) is 14.5. The van der Waals surface area contributed by atoms with Crippen LogP contribution in [0.25, 0.3) is 0 Å². The summed E-state index contributed by atoms with van der Waals surface area (Å²) in [5, 5.41) is 2.94. The van der Waals surface area contributed by atoms with Crippen LogP contribution < -0.4 is 19.1 Å². The van der Waals surface area contributed by atoms with Crippen molar-refractivity contribution >= 4 is 21.6 Å². The van der Waals surface area contributed by atoms with Crippen LogP contribution >= 0.6 is 0 Å². The summed E-state index contributed by atoms with van der Waals surface area (Å²) in [4.78, 5) is 13.2. The summed E-state index contributed by atoms with van der Waals surface area (Å²) in [6.45, 7) is 7.51. The van der Waals surface area contributed by atoms with Gasteiger partial charge in [0.1, 0.15) is 6.04 Å². The lowest BCUT2D eigenvalue weighted by molar-refractivity contribution is -0.122. The molecule has 0 spiro atoms. The summed E-state index contributed by atoms with van der Waals surface area (Å²) >= 11 is 0. The van der Waals surface area contributed by atoms with Crippen molar-refractivity contribution in [1.82, 2.24) is 5.32 Å². The summed E-state index contributed by atoms with van der Waals surface area (Å²) in [6, 6.07) is 9.56. The van der Waals surface area contributed by atoms with Crippen LogP contribution in [0.15, 0.2) is 36.4 Å². The third kappa shape index (κ3) is 5.70. The highest BCUT2D eigenvalue weighted by Gasteiger charge is 2.32. The van der Waals surface area contributed by atoms with E-state index in [1.165, 1.54) is 4.31 Å². The van der Waals surface area contributed by atoms with E-state index >= 15 is 0 Å². The summed E-state index contributed by atoms with van der Waals surface area (Å²) in [7, 11) is -0.584. The molecule has 2 atom stereocenters. The molecule has 0 aliphatic heterocycles. The molecule has 2 aromatic rings. The van der Waals surface area contributed by atoms with Crippen molar-refractivity contribution in [3.05, 3.63) is 53.1 Å². The second-order valence-corrected chi connectivity index (χ2v) is 9.46. The molecule has 0 fully saturated rings. The number of hydrogen-bond acceptors (Lipinski definition) is 5. The maximum Gasteiger partial charge on any atom is 0.244 e. The van der Waals surface area contributed by atoms with E-state index in [1.807, 2.05) is 32.9 Å². The molecule has 2 rings (SSSR count). The number of methoxy groups -OCH3 is 2. The van der Waals surface area contributed by atoms with E-state index in [2.05, 4.69) is 5.32 Å². The molecule has 0 radical (unpaired) electrons. The SMILES string of the molecule is CC[C@H](C(=O)N[C@H](C)c1ccc(OC)c(OC)c1)N(c1ccc(C)c(C)c1)S(C)(=O)=O. The molecule has 0 heterocycles. The Bertz CT molecular complexity index is 1040. The number of aryl methyl sites for hydroxylation is 2. The zero-order valence-electron chi connectivity index (χ0n) is 19.2. The van der Waals surface area contributed by atoms with Crippen molar-refractivity contribution < 1.29 is 22.7 Å². The van der Waals surface area contributed by atoms with Gasteiger partial charge in [-0.3, -0.25) is 9.10 Å². The maximum absolute atomic E-state index is 13.2.